The van der Waals surface area contributed by atoms with Crippen LogP contribution in [0.15, 0.2) is 22.5 Å². The number of hydrogen-bond acceptors (Lipinski definition) is 3. The van der Waals surface area contributed by atoms with Gasteiger partial charge in [0.15, 0.2) is 5.96 Å². The van der Waals surface area contributed by atoms with Gasteiger partial charge in [0.25, 0.3) is 0 Å². The van der Waals surface area contributed by atoms with Crippen molar-refractivity contribution >= 4 is 17.3 Å². The Labute approximate surface area is 131 Å². The van der Waals surface area contributed by atoms with Gasteiger partial charge in [0.1, 0.15) is 0 Å². The van der Waals surface area contributed by atoms with E-state index >= 15 is 0 Å². The Kier molecular flexibility index (Phi) is 6.06. The molecule has 0 aliphatic heterocycles. The minimum atomic E-state index is 0.183. The Morgan fingerprint density at radius 1 is 1.48 bits per heavy atom. The summed E-state index contributed by atoms with van der Waals surface area (Å²) in [5.74, 6) is 0.529. The molecule has 1 aromatic heterocycles. The zero-order chi connectivity index (χ0) is 15.1. The molecular formula is C16H27N3OS. The summed E-state index contributed by atoms with van der Waals surface area (Å²) >= 11 is 1.85. The number of aliphatic imine (C=N–C) groups is 1. The van der Waals surface area contributed by atoms with Gasteiger partial charge in [-0.05, 0) is 31.2 Å². The molecule has 0 spiro atoms. The summed E-state index contributed by atoms with van der Waals surface area (Å²) in [6.07, 6.45) is 6.37. The molecule has 1 saturated carbocycles. The third kappa shape index (κ3) is 4.45. The average Bonchev–Trinajstić information content (AvgIpc) is 3.01. The lowest BCUT2D eigenvalue weighted by atomic mass is 9.73. The molecular weight excluding hydrogens is 282 g/mol. The van der Waals surface area contributed by atoms with Gasteiger partial charge in [-0.3, -0.25) is 4.99 Å². The van der Waals surface area contributed by atoms with E-state index in [2.05, 4.69) is 27.8 Å². The van der Waals surface area contributed by atoms with Gasteiger partial charge in [-0.2, -0.15) is 0 Å². The van der Waals surface area contributed by atoms with E-state index in [0.717, 1.165) is 6.54 Å². The lowest BCUT2D eigenvalue weighted by Gasteiger charge is -2.35. The molecule has 21 heavy (non-hydrogen) atoms. The highest BCUT2D eigenvalue weighted by Crippen LogP contribution is 2.41. The van der Waals surface area contributed by atoms with Gasteiger partial charge < -0.3 is 15.8 Å². The maximum absolute atomic E-state index is 6.02. The van der Waals surface area contributed by atoms with Gasteiger partial charge in [-0.1, -0.05) is 25.3 Å². The predicted molar refractivity (Wildman–Crippen MR) is 90.0 cm³/mol. The van der Waals surface area contributed by atoms with Crippen LogP contribution in [0.5, 0.6) is 0 Å². The zero-order valence-electron chi connectivity index (χ0n) is 13.1. The molecule has 5 heteroatoms. The van der Waals surface area contributed by atoms with E-state index < -0.39 is 0 Å². The van der Waals surface area contributed by atoms with Crippen LogP contribution in [0, 0.1) is 0 Å². The van der Waals surface area contributed by atoms with E-state index in [1.54, 1.807) is 7.11 Å². The van der Waals surface area contributed by atoms with Gasteiger partial charge in [0.05, 0.1) is 13.2 Å². The Bertz CT molecular complexity index is 438. The average molecular weight is 309 g/mol. The number of thiophene rings is 1. The van der Waals surface area contributed by atoms with Crippen LogP contribution in [0.4, 0.5) is 0 Å². The molecule has 0 radical (unpaired) electrons. The third-order valence-corrected chi connectivity index (χ3v) is 5.33. The highest BCUT2D eigenvalue weighted by molar-refractivity contribution is 7.10. The highest BCUT2D eigenvalue weighted by Gasteiger charge is 2.34. The fourth-order valence-corrected chi connectivity index (χ4v) is 4.10. The first-order chi connectivity index (χ1) is 10.2. The summed E-state index contributed by atoms with van der Waals surface area (Å²) < 4.78 is 5.11. The fourth-order valence-electron chi connectivity index (χ4n) is 3.12. The number of methoxy groups -OCH3 is 1. The lowest BCUT2D eigenvalue weighted by molar-refractivity contribution is 0.179. The minimum absolute atomic E-state index is 0.183. The van der Waals surface area contributed by atoms with E-state index in [1.165, 1.54) is 37.0 Å². The molecule has 1 heterocycles. The number of nitrogens with two attached hydrogens (primary N) is 1. The standard InChI is InChI=1S/C16H27N3OS/c1-13(11-20-2)19-15(17)18-12-16(8-4-3-5-9-16)14-7-6-10-21-14/h6-7,10,13H,3-5,8-9,11-12H2,1-2H3,(H3,17,18,19). The number of hydrogen-bond donors (Lipinski definition) is 2. The smallest absolute Gasteiger partial charge is 0.188 e. The Morgan fingerprint density at radius 3 is 2.86 bits per heavy atom. The monoisotopic (exact) mass is 309 g/mol. The summed E-state index contributed by atoms with van der Waals surface area (Å²) in [7, 11) is 1.69. The molecule has 1 aliphatic rings. The topological polar surface area (TPSA) is 59.6 Å². The van der Waals surface area contributed by atoms with Gasteiger partial charge >= 0.3 is 0 Å². The molecule has 1 aromatic rings. The van der Waals surface area contributed by atoms with E-state index in [9.17, 15) is 0 Å². The van der Waals surface area contributed by atoms with E-state index in [0.29, 0.717) is 12.6 Å². The molecule has 4 nitrogen and oxygen atoms in total. The van der Waals surface area contributed by atoms with E-state index in [1.807, 2.05) is 18.3 Å². The third-order valence-electron chi connectivity index (χ3n) is 4.22. The second-order valence-corrected chi connectivity index (χ2v) is 6.97. The van der Waals surface area contributed by atoms with Crippen molar-refractivity contribution in [3.05, 3.63) is 22.4 Å². The highest BCUT2D eigenvalue weighted by atomic mass is 32.1. The van der Waals surface area contributed by atoms with E-state index in [4.69, 9.17) is 10.5 Å². The van der Waals surface area contributed by atoms with Crippen LogP contribution in [-0.4, -0.2) is 32.3 Å². The molecule has 118 valence electrons. The molecule has 0 amide bonds. The molecule has 1 aliphatic carbocycles. The normalized spacial score (nSPS) is 20.2. The fraction of sp³-hybridized carbons (Fsp3) is 0.688. The maximum atomic E-state index is 6.02. The first kappa shape index (κ1) is 16.3. The summed E-state index contributed by atoms with van der Waals surface area (Å²) in [6.45, 7) is 3.46. The van der Waals surface area contributed by atoms with Crippen molar-refractivity contribution in [3.63, 3.8) is 0 Å². The van der Waals surface area contributed by atoms with Crippen LogP contribution in [0.3, 0.4) is 0 Å². The van der Waals surface area contributed by atoms with Gasteiger partial charge in [-0.25, -0.2) is 0 Å². The number of ether oxygens (including phenoxy) is 1. The quantitative estimate of drug-likeness (QED) is 0.627. The molecule has 1 fully saturated rings. The zero-order valence-corrected chi connectivity index (χ0v) is 13.9. The lowest BCUT2D eigenvalue weighted by Crippen LogP contribution is -2.42. The van der Waals surface area contributed by atoms with Crippen molar-refractivity contribution < 1.29 is 4.74 Å². The maximum Gasteiger partial charge on any atom is 0.188 e. The van der Waals surface area contributed by atoms with Gasteiger partial charge in [0.2, 0.25) is 0 Å². The molecule has 3 N–H and O–H groups in total. The van der Waals surface area contributed by atoms with Crippen molar-refractivity contribution in [2.75, 3.05) is 20.3 Å². The molecule has 1 atom stereocenters. The van der Waals surface area contributed by atoms with Crippen molar-refractivity contribution in [1.29, 1.82) is 0 Å². The first-order valence-corrected chi connectivity index (χ1v) is 8.64. The number of nitrogens with one attached hydrogen (secondary N) is 1. The summed E-state index contributed by atoms with van der Waals surface area (Å²) in [4.78, 5) is 6.09. The second kappa shape index (κ2) is 7.80. The summed E-state index contributed by atoms with van der Waals surface area (Å²) in [6, 6.07) is 4.58. The SMILES string of the molecule is COCC(C)NC(N)=NCC1(c2cccs2)CCCCC1. The van der Waals surface area contributed by atoms with Crippen LogP contribution in [-0.2, 0) is 10.2 Å². The molecule has 0 saturated heterocycles. The second-order valence-electron chi connectivity index (χ2n) is 6.02. The van der Waals surface area contributed by atoms with Gasteiger partial charge in [0, 0.05) is 23.4 Å². The van der Waals surface area contributed by atoms with Crippen molar-refractivity contribution in [2.24, 2.45) is 10.7 Å². The summed E-state index contributed by atoms with van der Waals surface area (Å²) in [5.41, 5.74) is 6.22. The number of guanidine groups is 1. The van der Waals surface area contributed by atoms with Crippen LogP contribution in [0.2, 0.25) is 0 Å². The molecule has 1 unspecified atom stereocenters. The number of rotatable bonds is 6. The van der Waals surface area contributed by atoms with Crippen molar-refractivity contribution in [2.45, 2.75) is 50.5 Å². The van der Waals surface area contributed by atoms with Crippen molar-refractivity contribution in [1.82, 2.24) is 5.32 Å². The van der Waals surface area contributed by atoms with Crippen LogP contribution >= 0.6 is 11.3 Å². The molecule has 0 aromatic carbocycles. The van der Waals surface area contributed by atoms with Crippen LogP contribution in [0.1, 0.15) is 43.9 Å². The largest absolute Gasteiger partial charge is 0.383 e. The molecule has 2 rings (SSSR count). The predicted octanol–water partition coefficient (Wildman–Crippen LogP) is 2.89. The Hall–Kier alpha value is -1.07. The first-order valence-electron chi connectivity index (χ1n) is 7.76. The number of nitrogens with zero attached hydrogens (tertiary/aromatic N) is 1. The minimum Gasteiger partial charge on any atom is -0.383 e. The van der Waals surface area contributed by atoms with Crippen molar-refractivity contribution in [3.8, 4) is 0 Å². The Balaban J connectivity index is 2.02. The molecule has 0 bridgehead atoms. The Morgan fingerprint density at radius 2 is 2.24 bits per heavy atom. The van der Waals surface area contributed by atoms with Crippen LogP contribution < -0.4 is 11.1 Å². The van der Waals surface area contributed by atoms with E-state index in [-0.39, 0.29) is 11.5 Å². The van der Waals surface area contributed by atoms with Crippen LogP contribution in [0.25, 0.3) is 0 Å². The van der Waals surface area contributed by atoms with Gasteiger partial charge in [-0.15, -0.1) is 11.3 Å². The summed E-state index contributed by atoms with van der Waals surface area (Å²) in [5, 5.41) is 5.35.